The summed E-state index contributed by atoms with van der Waals surface area (Å²) in [7, 11) is 0. The van der Waals surface area contributed by atoms with E-state index in [1.165, 1.54) is 11.1 Å². The molecule has 0 radical (unpaired) electrons. The average molecular weight is 365 g/mol. The number of aromatic nitrogens is 2. The number of hydrogen-bond donors (Lipinski definition) is 1. The Bertz CT molecular complexity index is 877. The van der Waals surface area contributed by atoms with Crippen molar-refractivity contribution < 1.29 is 9.84 Å². The van der Waals surface area contributed by atoms with E-state index in [0.717, 1.165) is 11.0 Å². The first-order chi connectivity index (χ1) is 11.4. The number of fused-ring (bicyclic) bond motifs is 1. The molecule has 1 atom stereocenters. The van der Waals surface area contributed by atoms with Gasteiger partial charge in [0.15, 0.2) is 0 Å². The van der Waals surface area contributed by atoms with Crippen molar-refractivity contribution in [2.75, 3.05) is 6.61 Å². The fourth-order valence-corrected chi connectivity index (χ4v) is 2.98. The molecule has 1 heterocycles. The number of aliphatic hydroxyl groups excluding tert-OH is 1. The van der Waals surface area contributed by atoms with Crippen molar-refractivity contribution in [3.05, 3.63) is 57.8 Å². The third kappa shape index (κ3) is 3.66. The highest BCUT2D eigenvalue weighted by atomic mass is 35.5. The molecular weight excluding hydrogens is 347 g/mol. The largest absolute Gasteiger partial charge is 0.489 e. The lowest BCUT2D eigenvalue weighted by molar-refractivity contribution is 0.0935. The summed E-state index contributed by atoms with van der Waals surface area (Å²) < 4.78 is 7.51. The molecule has 0 unspecified atom stereocenters. The molecule has 0 aliphatic carbocycles. The van der Waals surface area contributed by atoms with Gasteiger partial charge < -0.3 is 14.4 Å². The zero-order chi connectivity index (χ0) is 17.3. The number of ether oxygens (including phenoxy) is 1. The molecule has 2 aromatic carbocycles. The summed E-state index contributed by atoms with van der Waals surface area (Å²) in [4.78, 5) is 4.39. The van der Waals surface area contributed by atoms with Gasteiger partial charge in [0.25, 0.3) is 0 Å². The maximum Gasteiger partial charge on any atom is 0.138 e. The van der Waals surface area contributed by atoms with Gasteiger partial charge in [-0.05, 0) is 55.3 Å². The molecule has 0 bridgehead atoms. The minimum Gasteiger partial charge on any atom is -0.489 e. The van der Waals surface area contributed by atoms with Crippen molar-refractivity contribution in [1.29, 1.82) is 0 Å². The molecule has 1 aromatic heterocycles. The van der Waals surface area contributed by atoms with Crippen LogP contribution < -0.4 is 4.74 Å². The van der Waals surface area contributed by atoms with E-state index in [9.17, 15) is 5.11 Å². The van der Waals surface area contributed by atoms with Gasteiger partial charge in [0.05, 0.1) is 28.9 Å². The zero-order valence-electron chi connectivity index (χ0n) is 13.5. The summed E-state index contributed by atoms with van der Waals surface area (Å²) in [6, 6.07) is 9.14. The Hall–Kier alpha value is -1.75. The molecule has 0 amide bonds. The minimum atomic E-state index is -0.684. The first-order valence-corrected chi connectivity index (χ1v) is 8.37. The van der Waals surface area contributed by atoms with E-state index in [4.69, 9.17) is 27.9 Å². The van der Waals surface area contributed by atoms with E-state index in [1.807, 2.05) is 4.57 Å². The number of nitrogens with zero attached hydrogens (tertiary/aromatic N) is 2. The number of halogens is 2. The van der Waals surface area contributed by atoms with Gasteiger partial charge in [-0.1, -0.05) is 23.2 Å². The predicted octanol–water partition coefficient (Wildman–Crippen LogP) is 4.40. The highest BCUT2D eigenvalue weighted by Crippen LogP contribution is 2.27. The summed E-state index contributed by atoms with van der Waals surface area (Å²) >= 11 is 11.9. The molecule has 0 aliphatic rings. The minimum absolute atomic E-state index is 0.131. The van der Waals surface area contributed by atoms with Crippen molar-refractivity contribution in [2.45, 2.75) is 26.5 Å². The van der Waals surface area contributed by atoms with Gasteiger partial charge in [-0.25, -0.2) is 4.98 Å². The average Bonchev–Trinajstić information content (AvgIpc) is 2.89. The van der Waals surface area contributed by atoms with Crippen LogP contribution in [0, 0.1) is 13.8 Å². The number of aryl methyl sites for hydroxylation is 2. The van der Waals surface area contributed by atoms with Crippen LogP contribution in [-0.4, -0.2) is 27.4 Å². The second kappa shape index (κ2) is 7.01. The van der Waals surface area contributed by atoms with E-state index < -0.39 is 6.10 Å². The Kier molecular flexibility index (Phi) is 4.99. The van der Waals surface area contributed by atoms with Gasteiger partial charge in [0, 0.05) is 5.02 Å². The first kappa shape index (κ1) is 17.1. The van der Waals surface area contributed by atoms with Crippen LogP contribution in [0.15, 0.2) is 36.7 Å². The van der Waals surface area contributed by atoms with Gasteiger partial charge in [-0.15, -0.1) is 0 Å². The SMILES string of the molecule is Cc1cc2ncn(C[C@@H](O)COc3ccc(Cl)cc3Cl)c2cc1C. The Morgan fingerprint density at radius 2 is 1.92 bits per heavy atom. The molecule has 126 valence electrons. The molecule has 24 heavy (non-hydrogen) atoms. The lowest BCUT2D eigenvalue weighted by Gasteiger charge is -2.14. The van der Waals surface area contributed by atoms with E-state index in [0.29, 0.717) is 22.3 Å². The molecule has 3 rings (SSSR count). The van der Waals surface area contributed by atoms with Crippen molar-refractivity contribution in [3.8, 4) is 5.75 Å². The fourth-order valence-electron chi connectivity index (χ4n) is 2.52. The summed E-state index contributed by atoms with van der Waals surface area (Å²) in [5.74, 6) is 0.502. The Labute approximate surface area is 150 Å². The topological polar surface area (TPSA) is 47.3 Å². The van der Waals surface area contributed by atoms with Crippen molar-refractivity contribution in [3.63, 3.8) is 0 Å². The Morgan fingerprint density at radius 3 is 2.67 bits per heavy atom. The van der Waals surface area contributed by atoms with Gasteiger partial charge in [0.2, 0.25) is 0 Å². The van der Waals surface area contributed by atoms with Crippen LogP contribution in [0.25, 0.3) is 11.0 Å². The lowest BCUT2D eigenvalue weighted by atomic mass is 10.1. The molecule has 0 spiro atoms. The smallest absolute Gasteiger partial charge is 0.138 e. The molecule has 0 aliphatic heterocycles. The van der Waals surface area contributed by atoms with Crippen LogP contribution in [0.3, 0.4) is 0 Å². The van der Waals surface area contributed by atoms with E-state index >= 15 is 0 Å². The molecule has 0 fully saturated rings. The number of benzene rings is 2. The van der Waals surface area contributed by atoms with E-state index in [1.54, 1.807) is 24.5 Å². The maximum absolute atomic E-state index is 10.3. The predicted molar refractivity (Wildman–Crippen MR) is 97.2 cm³/mol. The molecular formula is C18H18Cl2N2O2. The molecule has 0 saturated carbocycles. The van der Waals surface area contributed by atoms with Gasteiger partial charge in [-0.3, -0.25) is 0 Å². The summed E-state index contributed by atoms with van der Waals surface area (Å²) in [5.41, 5.74) is 4.32. The lowest BCUT2D eigenvalue weighted by Crippen LogP contribution is -2.23. The van der Waals surface area contributed by atoms with Crippen LogP contribution in [-0.2, 0) is 6.54 Å². The normalized spacial score (nSPS) is 12.5. The zero-order valence-corrected chi connectivity index (χ0v) is 15.0. The summed E-state index contributed by atoms with van der Waals surface area (Å²) in [5, 5.41) is 11.2. The van der Waals surface area contributed by atoms with Gasteiger partial charge in [-0.2, -0.15) is 0 Å². The highest BCUT2D eigenvalue weighted by molar-refractivity contribution is 6.35. The summed E-state index contributed by atoms with van der Waals surface area (Å²) in [6.45, 7) is 4.65. The van der Waals surface area contributed by atoms with Crippen LogP contribution in [0.5, 0.6) is 5.75 Å². The third-order valence-corrected chi connectivity index (χ3v) is 4.50. The Morgan fingerprint density at radius 1 is 1.17 bits per heavy atom. The van der Waals surface area contributed by atoms with Crippen LogP contribution >= 0.6 is 23.2 Å². The van der Waals surface area contributed by atoms with E-state index in [-0.39, 0.29) is 6.61 Å². The van der Waals surface area contributed by atoms with Crippen molar-refractivity contribution in [1.82, 2.24) is 9.55 Å². The van der Waals surface area contributed by atoms with Crippen LogP contribution in [0.4, 0.5) is 0 Å². The second-order valence-electron chi connectivity index (χ2n) is 5.86. The number of rotatable bonds is 5. The number of hydrogen-bond acceptors (Lipinski definition) is 3. The third-order valence-electron chi connectivity index (χ3n) is 3.97. The quantitative estimate of drug-likeness (QED) is 0.729. The van der Waals surface area contributed by atoms with Crippen LogP contribution in [0.2, 0.25) is 10.0 Å². The first-order valence-electron chi connectivity index (χ1n) is 7.62. The summed E-state index contributed by atoms with van der Waals surface area (Å²) in [6.07, 6.45) is 1.05. The van der Waals surface area contributed by atoms with Crippen molar-refractivity contribution >= 4 is 34.2 Å². The second-order valence-corrected chi connectivity index (χ2v) is 6.71. The molecule has 0 saturated heterocycles. The van der Waals surface area contributed by atoms with E-state index in [2.05, 4.69) is 31.0 Å². The molecule has 6 heteroatoms. The highest BCUT2D eigenvalue weighted by Gasteiger charge is 2.12. The monoisotopic (exact) mass is 364 g/mol. The Balaban J connectivity index is 1.69. The standard InChI is InChI=1S/C18H18Cl2N2O2/c1-11-5-16-17(6-12(11)2)22(10-21-16)8-14(23)9-24-18-4-3-13(19)7-15(18)20/h3-7,10,14,23H,8-9H2,1-2H3/t14-/m1/s1. The number of imidazole rings is 1. The van der Waals surface area contributed by atoms with Crippen molar-refractivity contribution in [2.24, 2.45) is 0 Å². The van der Waals surface area contributed by atoms with Crippen LogP contribution in [0.1, 0.15) is 11.1 Å². The maximum atomic E-state index is 10.3. The molecule has 4 nitrogen and oxygen atoms in total. The van der Waals surface area contributed by atoms with Gasteiger partial charge in [0.1, 0.15) is 18.5 Å². The number of aliphatic hydroxyl groups is 1. The fraction of sp³-hybridized carbons (Fsp3) is 0.278. The molecule has 1 N–H and O–H groups in total. The molecule has 3 aromatic rings. The van der Waals surface area contributed by atoms with Gasteiger partial charge >= 0.3 is 0 Å².